The van der Waals surface area contributed by atoms with Crippen molar-refractivity contribution < 1.29 is 14.3 Å². The molecule has 1 aliphatic carbocycles. The van der Waals surface area contributed by atoms with E-state index in [4.69, 9.17) is 4.74 Å². The van der Waals surface area contributed by atoms with E-state index in [1.807, 2.05) is 44.2 Å². The van der Waals surface area contributed by atoms with Gasteiger partial charge in [0.25, 0.3) is 0 Å². The minimum absolute atomic E-state index is 0.00437. The predicted molar refractivity (Wildman–Crippen MR) is 117 cm³/mol. The van der Waals surface area contributed by atoms with E-state index in [-0.39, 0.29) is 30.4 Å². The van der Waals surface area contributed by atoms with Crippen LogP contribution in [0.2, 0.25) is 0 Å². The third-order valence-electron chi connectivity index (χ3n) is 5.46. The second-order valence-corrected chi connectivity index (χ2v) is 8.26. The van der Waals surface area contributed by atoms with Crippen molar-refractivity contribution in [1.82, 2.24) is 10.6 Å². The van der Waals surface area contributed by atoms with Gasteiger partial charge in [-0.05, 0) is 45.1 Å². The molecule has 160 valence electrons. The summed E-state index contributed by atoms with van der Waals surface area (Å²) in [7, 11) is 0. The first-order chi connectivity index (χ1) is 13.9. The van der Waals surface area contributed by atoms with Crippen LogP contribution in [0.5, 0.6) is 0 Å². The number of carbonyl (C=O) groups excluding carboxylic acids is 2. The molecular formula is C24H36N2O3. The third-order valence-corrected chi connectivity index (χ3v) is 5.46. The number of aryl methyl sites for hydroxylation is 1. The van der Waals surface area contributed by atoms with Crippen molar-refractivity contribution in [3.05, 3.63) is 48.6 Å². The van der Waals surface area contributed by atoms with Crippen LogP contribution >= 0.6 is 0 Å². The number of hydrogen-bond donors (Lipinski definition) is 2. The molecule has 0 radical (unpaired) electrons. The minimum atomic E-state index is -1.02. The largest absolute Gasteiger partial charge is 0.463 e. The molecule has 0 saturated heterocycles. The Morgan fingerprint density at radius 3 is 2.52 bits per heavy atom. The fraction of sp³-hybridized carbons (Fsp3) is 0.583. The van der Waals surface area contributed by atoms with E-state index in [2.05, 4.69) is 17.2 Å². The lowest BCUT2D eigenvalue weighted by Crippen LogP contribution is -2.60. The smallest absolute Gasteiger partial charge is 0.308 e. The number of hydrogen-bond acceptors (Lipinski definition) is 4. The molecule has 5 heteroatoms. The highest BCUT2D eigenvalue weighted by Crippen LogP contribution is 2.24. The van der Waals surface area contributed by atoms with Crippen LogP contribution in [0.4, 0.5) is 0 Å². The van der Waals surface area contributed by atoms with Gasteiger partial charge in [0.2, 0.25) is 5.91 Å². The number of esters is 1. The lowest BCUT2D eigenvalue weighted by Gasteiger charge is -2.35. The van der Waals surface area contributed by atoms with Crippen LogP contribution in [0.25, 0.3) is 0 Å². The Hall–Kier alpha value is -2.14. The van der Waals surface area contributed by atoms with Crippen LogP contribution in [0.15, 0.2) is 43.0 Å². The van der Waals surface area contributed by atoms with Gasteiger partial charge in [-0.25, -0.2) is 0 Å². The van der Waals surface area contributed by atoms with Crippen LogP contribution in [-0.2, 0) is 20.7 Å². The number of ether oxygens (including phenoxy) is 1. The monoisotopic (exact) mass is 400 g/mol. The van der Waals surface area contributed by atoms with Gasteiger partial charge in [0, 0.05) is 12.6 Å². The van der Waals surface area contributed by atoms with Gasteiger partial charge < -0.3 is 10.1 Å². The highest BCUT2D eigenvalue weighted by Gasteiger charge is 2.41. The molecule has 1 saturated carbocycles. The molecule has 1 aromatic rings. The maximum Gasteiger partial charge on any atom is 0.308 e. The van der Waals surface area contributed by atoms with Gasteiger partial charge in [-0.15, -0.1) is 6.58 Å². The number of rotatable bonds is 11. The molecular weight excluding hydrogens is 364 g/mol. The summed E-state index contributed by atoms with van der Waals surface area (Å²) in [5, 5.41) is 6.54. The Balaban J connectivity index is 2.21. The first kappa shape index (κ1) is 23.1. The summed E-state index contributed by atoms with van der Waals surface area (Å²) >= 11 is 0. The van der Waals surface area contributed by atoms with Crippen molar-refractivity contribution in [2.45, 2.75) is 82.9 Å². The molecule has 2 rings (SSSR count). The summed E-state index contributed by atoms with van der Waals surface area (Å²) in [4.78, 5) is 26.0. The van der Waals surface area contributed by atoms with Crippen LogP contribution < -0.4 is 10.6 Å². The Morgan fingerprint density at radius 1 is 1.21 bits per heavy atom. The fourth-order valence-electron chi connectivity index (χ4n) is 3.90. The first-order valence-corrected chi connectivity index (χ1v) is 10.9. The van der Waals surface area contributed by atoms with E-state index >= 15 is 0 Å². The van der Waals surface area contributed by atoms with Crippen molar-refractivity contribution in [2.24, 2.45) is 0 Å². The Kier molecular flexibility index (Phi) is 9.39. The topological polar surface area (TPSA) is 67.4 Å². The average Bonchev–Trinajstić information content (AvgIpc) is 2.71. The highest BCUT2D eigenvalue weighted by atomic mass is 16.5. The summed E-state index contributed by atoms with van der Waals surface area (Å²) in [6, 6.07) is 10.2. The quantitative estimate of drug-likeness (QED) is 0.436. The molecule has 0 heterocycles. The van der Waals surface area contributed by atoms with E-state index in [0.717, 1.165) is 31.2 Å². The Bertz CT molecular complexity index is 653. The van der Waals surface area contributed by atoms with E-state index < -0.39 is 5.54 Å². The Labute approximate surface area is 175 Å². The number of carbonyl (C=O) groups is 2. The van der Waals surface area contributed by atoms with Crippen molar-refractivity contribution in [1.29, 1.82) is 0 Å². The van der Waals surface area contributed by atoms with Crippen LogP contribution in [-0.4, -0.2) is 36.1 Å². The SMILES string of the molecule is C=CCNC(CCc1ccccc1)(CC(=O)OC(C)C)C(=O)NC1CCCCC1. The standard InChI is InChI=1S/C24H36N2O3/c1-4-17-25-24(18-22(27)29-19(2)3,16-15-20-11-7-5-8-12-20)23(28)26-21-13-9-6-10-14-21/h4-5,7-8,11-12,19,21,25H,1,6,9-10,13-18H2,2-3H3,(H,26,28). The zero-order valence-electron chi connectivity index (χ0n) is 17.9. The molecule has 0 aromatic heterocycles. The first-order valence-electron chi connectivity index (χ1n) is 10.9. The molecule has 0 aliphatic heterocycles. The van der Waals surface area contributed by atoms with Crippen LogP contribution in [0.3, 0.4) is 0 Å². The van der Waals surface area contributed by atoms with Gasteiger partial charge in [0.1, 0.15) is 5.54 Å². The zero-order chi connectivity index (χ0) is 21.1. The van der Waals surface area contributed by atoms with Gasteiger partial charge in [-0.1, -0.05) is 55.7 Å². The molecule has 29 heavy (non-hydrogen) atoms. The zero-order valence-corrected chi connectivity index (χ0v) is 17.9. The van der Waals surface area contributed by atoms with Crippen molar-refractivity contribution in [3.8, 4) is 0 Å². The average molecular weight is 401 g/mol. The van der Waals surface area contributed by atoms with Gasteiger partial charge in [-0.2, -0.15) is 0 Å². The van der Waals surface area contributed by atoms with Crippen LogP contribution in [0.1, 0.15) is 64.4 Å². The van der Waals surface area contributed by atoms with Gasteiger partial charge in [-0.3, -0.25) is 14.9 Å². The molecule has 0 bridgehead atoms. The number of nitrogens with one attached hydrogen (secondary N) is 2. The van der Waals surface area contributed by atoms with Crippen molar-refractivity contribution in [3.63, 3.8) is 0 Å². The van der Waals surface area contributed by atoms with E-state index in [1.165, 1.54) is 6.42 Å². The molecule has 1 atom stereocenters. The van der Waals surface area contributed by atoms with Gasteiger partial charge in [0.15, 0.2) is 0 Å². The third kappa shape index (κ3) is 7.65. The predicted octanol–water partition coefficient (Wildman–Crippen LogP) is 3.92. The van der Waals surface area contributed by atoms with Crippen molar-refractivity contribution in [2.75, 3.05) is 6.54 Å². The maximum atomic E-state index is 13.5. The second-order valence-electron chi connectivity index (χ2n) is 8.26. The normalized spacial score (nSPS) is 16.8. The number of amides is 1. The summed E-state index contributed by atoms with van der Waals surface area (Å²) in [6.07, 6.45) is 8.21. The fourth-order valence-corrected chi connectivity index (χ4v) is 3.90. The highest BCUT2D eigenvalue weighted by molar-refractivity contribution is 5.91. The molecule has 1 aromatic carbocycles. The summed E-state index contributed by atoms with van der Waals surface area (Å²) in [5.41, 5.74) is 0.118. The van der Waals surface area contributed by atoms with Crippen molar-refractivity contribution >= 4 is 11.9 Å². The molecule has 1 aliphatic rings. The summed E-state index contributed by atoms with van der Waals surface area (Å²) < 4.78 is 5.39. The molecule has 1 amide bonds. The number of benzene rings is 1. The lowest BCUT2D eigenvalue weighted by atomic mass is 9.85. The van der Waals surface area contributed by atoms with Gasteiger partial charge in [0.05, 0.1) is 12.5 Å². The minimum Gasteiger partial charge on any atom is -0.463 e. The molecule has 2 N–H and O–H groups in total. The Morgan fingerprint density at radius 2 is 1.90 bits per heavy atom. The van der Waals surface area contributed by atoms with Crippen LogP contribution in [0, 0.1) is 0 Å². The molecule has 1 fully saturated rings. The maximum absolute atomic E-state index is 13.5. The molecule has 1 unspecified atom stereocenters. The second kappa shape index (κ2) is 11.8. The molecule has 5 nitrogen and oxygen atoms in total. The van der Waals surface area contributed by atoms with E-state index in [1.54, 1.807) is 6.08 Å². The lowest BCUT2D eigenvalue weighted by molar-refractivity contribution is -0.152. The van der Waals surface area contributed by atoms with Gasteiger partial charge >= 0.3 is 5.97 Å². The van der Waals surface area contributed by atoms with E-state index in [0.29, 0.717) is 19.4 Å². The molecule has 0 spiro atoms. The summed E-state index contributed by atoms with van der Waals surface area (Å²) in [5.74, 6) is -0.466. The summed E-state index contributed by atoms with van der Waals surface area (Å²) in [6.45, 7) is 7.86. The van der Waals surface area contributed by atoms with E-state index in [9.17, 15) is 9.59 Å².